The van der Waals surface area contributed by atoms with Gasteiger partial charge in [-0.25, -0.2) is 4.79 Å². The van der Waals surface area contributed by atoms with Crippen molar-refractivity contribution in [3.8, 4) is 11.5 Å². The standard InChI is InChI=1S/C24H26O7/c1-5-6-7-16-19-17(29-2)12-13-18(30-3)20(19)22(26)24(28,21(16)25)15-10-8-14(9-11-15)23(27)31-4/h7-13,22,26,28H,5-6H2,1-4H3/b16-7-/t22-,24+/m1/s1. The minimum atomic E-state index is -2.28. The second kappa shape index (κ2) is 8.91. The molecule has 0 saturated carbocycles. The average molecular weight is 426 g/mol. The minimum absolute atomic E-state index is 0.149. The summed E-state index contributed by atoms with van der Waals surface area (Å²) in [6, 6.07) is 9.02. The number of benzene rings is 2. The van der Waals surface area contributed by atoms with Gasteiger partial charge in [-0.2, -0.15) is 0 Å². The van der Waals surface area contributed by atoms with Gasteiger partial charge in [-0.1, -0.05) is 31.6 Å². The molecule has 0 heterocycles. The van der Waals surface area contributed by atoms with Crippen molar-refractivity contribution in [1.82, 2.24) is 0 Å². The summed E-state index contributed by atoms with van der Waals surface area (Å²) in [5.41, 5.74) is -0.949. The topological polar surface area (TPSA) is 102 Å². The van der Waals surface area contributed by atoms with Crippen molar-refractivity contribution in [3.63, 3.8) is 0 Å². The van der Waals surface area contributed by atoms with Crippen LogP contribution in [0.4, 0.5) is 0 Å². The van der Waals surface area contributed by atoms with Crippen molar-refractivity contribution in [2.24, 2.45) is 0 Å². The van der Waals surface area contributed by atoms with E-state index in [0.29, 0.717) is 23.5 Å². The predicted molar refractivity (Wildman–Crippen MR) is 114 cm³/mol. The van der Waals surface area contributed by atoms with Crippen molar-refractivity contribution in [2.75, 3.05) is 21.3 Å². The zero-order valence-corrected chi connectivity index (χ0v) is 18.0. The molecule has 0 aliphatic heterocycles. The van der Waals surface area contributed by atoms with E-state index in [4.69, 9.17) is 14.2 Å². The van der Waals surface area contributed by atoms with Gasteiger partial charge in [0.15, 0.2) is 5.60 Å². The first-order valence-electron chi connectivity index (χ1n) is 9.94. The molecule has 0 bridgehead atoms. The number of aliphatic hydroxyl groups excluding tert-OH is 1. The molecule has 0 spiro atoms. The Kier molecular flexibility index (Phi) is 6.48. The number of methoxy groups -OCH3 is 3. The van der Waals surface area contributed by atoms with Gasteiger partial charge in [-0.3, -0.25) is 4.79 Å². The number of ether oxygens (including phenoxy) is 3. The average Bonchev–Trinajstić information content (AvgIpc) is 2.81. The molecule has 3 rings (SSSR count). The Morgan fingerprint density at radius 3 is 2.23 bits per heavy atom. The molecule has 0 fully saturated rings. The maximum atomic E-state index is 13.6. The van der Waals surface area contributed by atoms with Crippen molar-refractivity contribution < 1.29 is 34.0 Å². The summed E-state index contributed by atoms with van der Waals surface area (Å²) < 4.78 is 15.6. The van der Waals surface area contributed by atoms with E-state index in [9.17, 15) is 19.8 Å². The number of aliphatic hydroxyl groups is 2. The Bertz CT molecular complexity index is 1020. The number of esters is 1. The second-order valence-corrected chi connectivity index (χ2v) is 7.23. The highest BCUT2D eigenvalue weighted by Gasteiger charge is 2.53. The fourth-order valence-corrected chi connectivity index (χ4v) is 3.88. The molecule has 0 amide bonds. The van der Waals surface area contributed by atoms with Gasteiger partial charge in [-0.05, 0) is 36.2 Å². The molecule has 0 saturated heterocycles. The highest BCUT2D eigenvalue weighted by Crippen LogP contribution is 2.52. The van der Waals surface area contributed by atoms with Crippen LogP contribution in [-0.4, -0.2) is 43.3 Å². The molecule has 0 aromatic heterocycles. The molecule has 7 nitrogen and oxygen atoms in total. The van der Waals surface area contributed by atoms with Gasteiger partial charge in [0.2, 0.25) is 5.78 Å². The normalized spacial score (nSPS) is 21.5. The number of carbonyl (C=O) groups excluding carboxylic acids is 2. The van der Waals surface area contributed by atoms with Crippen LogP contribution < -0.4 is 9.47 Å². The molecule has 2 N–H and O–H groups in total. The number of rotatable bonds is 6. The molecular formula is C24H26O7. The van der Waals surface area contributed by atoms with E-state index in [-0.39, 0.29) is 22.3 Å². The van der Waals surface area contributed by atoms with Gasteiger partial charge in [0.25, 0.3) is 0 Å². The second-order valence-electron chi connectivity index (χ2n) is 7.23. The Labute approximate surface area is 180 Å². The minimum Gasteiger partial charge on any atom is -0.496 e. The third-order valence-electron chi connectivity index (χ3n) is 5.52. The van der Waals surface area contributed by atoms with Gasteiger partial charge in [0, 0.05) is 16.7 Å². The lowest BCUT2D eigenvalue weighted by molar-refractivity contribution is -0.148. The first kappa shape index (κ1) is 22.5. The number of fused-ring (bicyclic) bond motifs is 1. The molecule has 2 aromatic rings. The molecule has 1 aliphatic carbocycles. The van der Waals surface area contributed by atoms with Gasteiger partial charge in [0.05, 0.1) is 26.9 Å². The van der Waals surface area contributed by atoms with Crippen LogP contribution in [0.15, 0.2) is 42.5 Å². The fourth-order valence-electron chi connectivity index (χ4n) is 3.88. The predicted octanol–water partition coefficient (Wildman–Crippen LogP) is 3.18. The number of ketones is 1. The molecule has 31 heavy (non-hydrogen) atoms. The number of Topliss-reactive ketones (excluding diaryl/α,β-unsaturated/α-hetero) is 1. The third-order valence-corrected chi connectivity index (χ3v) is 5.52. The van der Waals surface area contributed by atoms with Crippen LogP contribution in [0.2, 0.25) is 0 Å². The van der Waals surface area contributed by atoms with Crippen molar-refractivity contribution >= 4 is 17.3 Å². The third kappa shape index (κ3) is 3.60. The lowest BCUT2D eigenvalue weighted by atomic mass is 9.70. The summed E-state index contributed by atoms with van der Waals surface area (Å²) in [7, 11) is 4.19. The maximum absolute atomic E-state index is 13.6. The molecule has 164 valence electrons. The summed E-state index contributed by atoms with van der Waals surface area (Å²) in [6.45, 7) is 1.97. The van der Waals surface area contributed by atoms with Crippen LogP contribution in [-0.2, 0) is 15.1 Å². The molecular weight excluding hydrogens is 400 g/mol. The van der Waals surface area contributed by atoms with Crippen LogP contribution in [0.3, 0.4) is 0 Å². The van der Waals surface area contributed by atoms with Crippen LogP contribution in [0.25, 0.3) is 5.57 Å². The molecule has 1 aliphatic rings. The molecule has 0 radical (unpaired) electrons. The van der Waals surface area contributed by atoms with Crippen molar-refractivity contribution in [3.05, 3.63) is 64.7 Å². The maximum Gasteiger partial charge on any atom is 0.337 e. The highest BCUT2D eigenvalue weighted by molar-refractivity contribution is 6.27. The lowest BCUT2D eigenvalue weighted by Gasteiger charge is -2.39. The highest BCUT2D eigenvalue weighted by atomic mass is 16.5. The summed E-state index contributed by atoms with van der Waals surface area (Å²) in [5.74, 6) is -0.482. The van der Waals surface area contributed by atoms with E-state index in [1.165, 1.54) is 45.6 Å². The van der Waals surface area contributed by atoms with Crippen LogP contribution >= 0.6 is 0 Å². The molecule has 7 heteroatoms. The fraction of sp³-hybridized carbons (Fsp3) is 0.333. The molecule has 2 atom stereocenters. The van der Waals surface area contributed by atoms with Gasteiger partial charge in [0.1, 0.15) is 17.6 Å². The van der Waals surface area contributed by atoms with E-state index in [1.807, 2.05) is 6.92 Å². The molecule has 2 aromatic carbocycles. The van der Waals surface area contributed by atoms with Gasteiger partial charge >= 0.3 is 5.97 Å². The lowest BCUT2D eigenvalue weighted by Crippen LogP contribution is -2.46. The molecule has 0 unspecified atom stereocenters. The van der Waals surface area contributed by atoms with Crippen LogP contribution in [0.1, 0.15) is 52.9 Å². The number of allylic oxidation sites excluding steroid dienone is 1. The van der Waals surface area contributed by atoms with Crippen molar-refractivity contribution in [2.45, 2.75) is 31.5 Å². The van der Waals surface area contributed by atoms with E-state index >= 15 is 0 Å². The monoisotopic (exact) mass is 426 g/mol. The zero-order chi connectivity index (χ0) is 22.8. The summed E-state index contributed by atoms with van der Waals surface area (Å²) in [5, 5.41) is 22.9. The van der Waals surface area contributed by atoms with E-state index in [1.54, 1.807) is 18.2 Å². The van der Waals surface area contributed by atoms with Gasteiger partial charge in [-0.15, -0.1) is 0 Å². The van der Waals surface area contributed by atoms with Crippen molar-refractivity contribution in [1.29, 1.82) is 0 Å². The number of unbranched alkanes of at least 4 members (excludes halogenated alkanes) is 1. The summed E-state index contributed by atoms with van der Waals surface area (Å²) >= 11 is 0. The zero-order valence-electron chi connectivity index (χ0n) is 18.0. The summed E-state index contributed by atoms with van der Waals surface area (Å²) in [4.78, 5) is 25.4. The largest absolute Gasteiger partial charge is 0.496 e. The van der Waals surface area contributed by atoms with Crippen LogP contribution in [0.5, 0.6) is 11.5 Å². The van der Waals surface area contributed by atoms with E-state index in [0.717, 1.165) is 6.42 Å². The van der Waals surface area contributed by atoms with Crippen LogP contribution in [0, 0.1) is 0 Å². The number of hydrogen-bond donors (Lipinski definition) is 2. The smallest absolute Gasteiger partial charge is 0.337 e. The Morgan fingerprint density at radius 1 is 1.06 bits per heavy atom. The first-order chi connectivity index (χ1) is 14.8. The Morgan fingerprint density at radius 2 is 1.68 bits per heavy atom. The quantitative estimate of drug-likeness (QED) is 0.540. The summed E-state index contributed by atoms with van der Waals surface area (Å²) in [6.07, 6.45) is 1.49. The number of hydrogen-bond acceptors (Lipinski definition) is 7. The Balaban J connectivity index is 2.27. The van der Waals surface area contributed by atoms with Gasteiger partial charge < -0.3 is 24.4 Å². The van der Waals surface area contributed by atoms with E-state index < -0.39 is 23.5 Å². The Hall–Kier alpha value is -3.16. The van der Waals surface area contributed by atoms with E-state index in [2.05, 4.69) is 0 Å². The first-order valence-corrected chi connectivity index (χ1v) is 9.94. The number of carbonyl (C=O) groups is 2. The SMILES string of the molecule is CCC/C=C1\C(=O)[C@@](O)(c2ccc(C(=O)OC)cc2)[C@H](O)c2c(OC)ccc(OC)c21.